The van der Waals surface area contributed by atoms with E-state index in [4.69, 9.17) is 0 Å². The fourth-order valence-electron chi connectivity index (χ4n) is 1.21. The number of aromatic nitrogens is 1. The van der Waals surface area contributed by atoms with E-state index in [0.717, 1.165) is 31.4 Å². The molecule has 2 heterocycles. The molecule has 0 aromatic carbocycles. The second-order valence-corrected chi connectivity index (χ2v) is 3.12. The Morgan fingerprint density at radius 3 is 2.85 bits per heavy atom. The maximum absolute atomic E-state index is 4.18. The van der Waals surface area contributed by atoms with Gasteiger partial charge in [0.05, 0.1) is 0 Å². The van der Waals surface area contributed by atoms with E-state index in [1.807, 2.05) is 18.2 Å². The average Bonchev–Trinajstić information content (AvgIpc) is 2.04. The Kier molecular flexibility index (Phi) is 3.99. The summed E-state index contributed by atoms with van der Waals surface area (Å²) in [4.78, 5) is 4.18. The van der Waals surface area contributed by atoms with Gasteiger partial charge >= 0.3 is 0 Å². The molecule has 1 aliphatic rings. The summed E-state index contributed by atoms with van der Waals surface area (Å²) in [6, 6.07) is 5.91. The van der Waals surface area contributed by atoms with Crippen LogP contribution in [0.4, 0.5) is 5.82 Å². The van der Waals surface area contributed by atoms with Gasteiger partial charge in [0.25, 0.3) is 0 Å². The molecule has 2 N–H and O–H groups in total. The lowest BCUT2D eigenvalue weighted by atomic mass is 10.0. The summed E-state index contributed by atoms with van der Waals surface area (Å²) < 4.78 is 0. The van der Waals surface area contributed by atoms with E-state index in [1.54, 1.807) is 6.20 Å². The molecular formula is C9H14ClN3. The topological polar surface area (TPSA) is 37.0 Å². The van der Waals surface area contributed by atoms with Gasteiger partial charge in [0.2, 0.25) is 0 Å². The summed E-state index contributed by atoms with van der Waals surface area (Å²) in [7, 11) is 0. The molecule has 2 rings (SSSR count). The predicted octanol–water partition coefficient (Wildman–Crippen LogP) is 1.13. The van der Waals surface area contributed by atoms with Crippen molar-refractivity contribution < 1.29 is 0 Å². The van der Waals surface area contributed by atoms with Crippen molar-refractivity contribution in [2.75, 3.05) is 25.0 Å². The molecule has 4 heteroatoms. The number of hydrogen-bond donors (Lipinski definition) is 2. The van der Waals surface area contributed by atoms with E-state index in [-0.39, 0.29) is 12.4 Å². The van der Waals surface area contributed by atoms with E-state index >= 15 is 0 Å². The van der Waals surface area contributed by atoms with Crippen LogP contribution in [0.1, 0.15) is 0 Å². The average molecular weight is 200 g/mol. The lowest BCUT2D eigenvalue weighted by molar-refractivity contribution is 0.365. The minimum absolute atomic E-state index is 0. The summed E-state index contributed by atoms with van der Waals surface area (Å²) in [5, 5.41) is 6.53. The Bertz CT molecular complexity index is 236. The maximum Gasteiger partial charge on any atom is 0.125 e. The van der Waals surface area contributed by atoms with Gasteiger partial charge in [-0.1, -0.05) is 6.07 Å². The number of nitrogens with one attached hydrogen (secondary N) is 2. The summed E-state index contributed by atoms with van der Waals surface area (Å²) in [6.07, 6.45) is 1.81. The predicted molar refractivity (Wildman–Crippen MR) is 56.3 cm³/mol. The van der Waals surface area contributed by atoms with Crippen molar-refractivity contribution >= 4 is 18.2 Å². The van der Waals surface area contributed by atoms with Crippen LogP contribution in [0.15, 0.2) is 24.4 Å². The Hall–Kier alpha value is -0.800. The Balaban J connectivity index is 0.000000845. The largest absolute Gasteiger partial charge is 0.370 e. The van der Waals surface area contributed by atoms with Crippen molar-refractivity contribution in [2.24, 2.45) is 5.92 Å². The zero-order valence-corrected chi connectivity index (χ0v) is 8.18. The smallest absolute Gasteiger partial charge is 0.125 e. The Morgan fingerprint density at radius 2 is 2.31 bits per heavy atom. The highest BCUT2D eigenvalue weighted by Crippen LogP contribution is 2.05. The molecule has 3 nitrogen and oxygen atoms in total. The van der Waals surface area contributed by atoms with Crippen LogP contribution in [-0.4, -0.2) is 24.6 Å². The number of anilines is 1. The van der Waals surface area contributed by atoms with Gasteiger partial charge in [0, 0.05) is 31.7 Å². The number of rotatable bonds is 3. The van der Waals surface area contributed by atoms with Crippen LogP contribution < -0.4 is 10.6 Å². The SMILES string of the molecule is Cl.c1ccc(NCC2CNC2)nc1. The normalized spacial score (nSPS) is 15.7. The van der Waals surface area contributed by atoms with Crippen molar-refractivity contribution in [3.63, 3.8) is 0 Å². The van der Waals surface area contributed by atoms with Crippen LogP contribution in [0.3, 0.4) is 0 Å². The minimum atomic E-state index is 0. The number of nitrogens with zero attached hydrogens (tertiary/aromatic N) is 1. The molecule has 0 radical (unpaired) electrons. The quantitative estimate of drug-likeness (QED) is 0.767. The zero-order chi connectivity index (χ0) is 8.23. The highest BCUT2D eigenvalue weighted by molar-refractivity contribution is 5.85. The number of halogens is 1. The van der Waals surface area contributed by atoms with Crippen molar-refractivity contribution in [2.45, 2.75) is 0 Å². The molecule has 0 atom stereocenters. The van der Waals surface area contributed by atoms with Crippen LogP contribution >= 0.6 is 12.4 Å². The lowest BCUT2D eigenvalue weighted by Gasteiger charge is -2.27. The summed E-state index contributed by atoms with van der Waals surface area (Å²) >= 11 is 0. The molecule has 1 saturated heterocycles. The van der Waals surface area contributed by atoms with Crippen molar-refractivity contribution in [3.05, 3.63) is 24.4 Å². The highest BCUT2D eigenvalue weighted by atomic mass is 35.5. The maximum atomic E-state index is 4.18. The first-order valence-electron chi connectivity index (χ1n) is 4.31. The molecule has 1 aliphatic heterocycles. The van der Waals surface area contributed by atoms with Gasteiger partial charge in [-0.25, -0.2) is 4.98 Å². The van der Waals surface area contributed by atoms with Gasteiger partial charge in [-0.3, -0.25) is 0 Å². The van der Waals surface area contributed by atoms with Crippen LogP contribution in [0.2, 0.25) is 0 Å². The third-order valence-electron chi connectivity index (χ3n) is 2.10. The molecule has 72 valence electrons. The van der Waals surface area contributed by atoms with E-state index in [2.05, 4.69) is 15.6 Å². The van der Waals surface area contributed by atoms with Crippen LogP contribution in [-0.2, 0) is 0 Å². The molecule has 13 heavy (non-hydrogen) atoms. The number of hydrogen-bond acceptors (Lipinski definition) is 3. The molecule has 0 saturated carbocycles. The van der Waals surface area contributed by atoms with Crippen LogP contribution in [0.5, 0.6) is 0 Å². The molecule has 0 unspecified atom stereocenters. The molecule has 1 fully saturated rings. The van der Waals surface area contributed by atoms with E-state index < -0.39 is 0 Å². The zero-order valence-electron chi connectivity index (χ0n) is 7.36. The number of pyridine rings is 1. The molecule has 0 spiro atoms. The summed E-state index contributed by atoms with van der Waals surface area (Å²) in [5.74, 6) is 1.76. The third kappa shape index (κ3) is 2.86. The van der Waals surface area contributed by atoms with E-state index in [9.17, 15) is 0 Å². The van der Waals surface area contributed by atoms with Gasteiger partial charge in [-0.2, -0.15) is 0 Å². The fraction of sp³-hybridized carbons (Fsp3) is 0.444. The monoisotopic (exact) mass is 199 g/mol. The first-order valence-corrected chi connectivity index (χ1v) is 4.31. The van der Waals surface area contributed by atoms with Crippen molar-refractivity contribution in [3.8, 4) is 0 Å². The van der Waals surface area contributed by atoms with Crippen molar-refractivity contribution in [1.29, 1.82) is 0 Å². The third-order valence-corrected chi connectivity index (χ3v) is 2.10. The molecule has 0 bridgehead atoms. The molecule has 1 aromatic heterocycles. The lowest BCUT2D eigenvalue weighted by Crippen LogP contribution is -2.45. The van der Waals surface area contributed by atoms with Gasteiger partial charge < -0.3 is 10.6 Å². The van der Waals surface area contributed by atoms with Gasteiger partial charge in [0.1, 0.15) is 5.82 Å². The molecular weight excluding hydrogens is 186 g/mol. The molecule has 0 aliphatic carbocycles. The van der Waals surface area contributed by atoms with Crippen LogP contribution in [0.25, 0.3) is 0 Å². The highest BCUT2D eigenvalue weighted by Gasteiger charge is 2.15. The van der Waals surface area contributed by atoms with E-state index in [0.29, 0.717) is 0 Å². The Labute approximate surface area is 84.4 Å². The summed E-state index contributed by atoms with van der Waals surface area (Å²) in [5.41, 5.74) is 0. The molecule has 0 amide bonds. The first-order chi connectivity index (χ1) is 5.95. The Morgan fingerprint density at radius 1 is 1.46 bits per heavy atom. The summed E-state index contributed by atoms with van der Waals surface area (Å²) in [6.45, 7) is 3.31. The second-order valence-electron chi connectivity index (χ2n) is 3.12. The minimum Gasteiger partial charge on any atom is -0.370 e. The molecule has 1 aromatic rings. The first kappa shape index (κ1) is 10.3. The van der Waals surface area contributed by atoms with E-state index in [1.165, 1.54) is 0 Å². The van der Waals surface area contributed by atoms with Gasteiger partial charge in [-0.05, 0) is 12.1 Å². The van der Waals surface area contributed by atoms with Crippen molar-refractivity contribution in [1.82, 2.24) is 10.3 Å². The second kappa shape index (κ2) is 5.04. The fourth-order valence-corrected chi connectivity index (χ4v) is 1.21. The van der Waals surface area contributed by atoms with Gasteiger partial charge in [0.15, 0.2) is 0 Å². The van der Waals surface area contributed by atoms with Crippen LogP contribution in [0, 0.1) is 5.92 Å². The standard InChI is InChI=1S/C9H13N3.ClH/c1-2-4-11-9(3-1)12-7-8-5-10-6-8;/h1-4,8,10H,5-7H2,(H,11,12);1H. The van der Waals surface area contributed by atoms with Gasteiger partial charge in [-0.15, -0.1) is 12.4 Å².